The van der Waals surface area contributed by atoms with Gasteiger partial charge in [-0.05, 0) is 51.3 Å². The van der Waals surface area contributed by atoms with E-state index in [1.807, 2.05) is 13.0 Å². The molecule has 170 valence electrons. The van der Waals surface area contributed by atoms with E-state index in [1.165, 1.54) is 0 Å². The lowest BCUT2D eigenvalue weighted by Gasteiger charge is -2.38. The number of carbonyl (C=O) groups is 2. The van der Waals surface area contributed by atoms with Crippen LogP contribution in [0.1, 0.15) is 43.6 Å². The average molecular weight is 434 g/mol. The summed E-state index contributed by atoms with van der Waals surface area (Å²) in [6, 6.07) is 4.09. The highest BCUT2D eigenvalue weighted by Crippen LogP contribution is 2.39. The maximum atomic E-state index is 12.3. The number of halogens is 3. The molecule has 30 heavy (non-hydrogen) atoms. The van der Waals surface area contributed by atoms with Crippen molar-refractivity contribution in [3.8, 4) is 0 Å². The molecule has 3 heterocycles. The molecule has 0 radical (unpaired) electrons. The van der Waals surface area contributed by atoms with E-state index in [0.29, 0.717) is 18.9 Å². The Morgan fingerprint density at radius 1 is 1.27 bits per heavy atom. The Kier molecular flexibility index (Phi) is 8.31. The van der Waals surface area contributed by atoms with Crippen LogP contribution in [-0.4, -0.2) is 71.8 Å². The molecular formula is C20H29F3N2O5. The molecule has 1 unspecified atom stereocenters. The Morgan fingerprint density at radius 2 is 1.97 bits per heavy atom. The number of carboxylic acid groups (broad SMARTS) is 1. The number of furan rings is 1. The van der Waals surface area contributed by atoms with Crippen molar-refractivity contribution in [1.29, 1.82) is 0 Å². The monoisotopic (exact) mass is 434 g/mol. The smallest absolute Gasteiger partial charge is 0.475 e. The predicted molar refractivity (Wildman–Crippen MR) is 102 cm³/mol. The molecule has 3 rings (SSSR count). The fourth-order valence-corrected chi connectivity index (χ4v) is 4.12. The van der Waals surface area contributed by atoms with Crippen LogP contribution in [0.4, 0.5) is 13.2 Å². The van der Waals surface area contributed by atoms with Gasteiger partial charge < -0.3 is 19.2 Å². The number of nitrogens with zero attached hydrogens (tertiary/aromatic N) is 2. The van der Waals surface area contributed by atoms with Crippen molar-refractivity contribution in [3.63, 3.8) is 0 Å². The van der Waals surface area contributed by atoms with Crippen molar-refractivity contribution in [3.05, 3.63) is 23.7 Å². The Hall–Kier alpha value is -2.07. The molecule has 1 aromatic rings. The first kappa shape index (κ1) is 24.2. The second-order valence-electron chi connectivity index (χ2n) is 7.71. The summed E-state index contributed by atoms with van der Waals surface area (Å²) in [4.78, 5) is 25.7. The number of likely N-dealkylation sites (tertiary alicyclic amines) is 2. The summed E-state index contributed by atoms with van der Waals surface area (Å²) in [5.74, 6) is -0.444. The fourth-order valence-electron chi connectivity index (χ4n) is 4.12. The van der Waals surface area contributed by atoms with Gasteiger partial charge in [0.1, 0.15) is 11.5 Å². The fraction of sp³-hybridized carbons (Fsp3) is 0.700. The Balaban J connectivity index is 0.000000396. The second kappa shape index (κ2) is 10.3. The Labute approximate surface area is 173 Å². The first-order chi connectivity index (χ1) is 14.1. The van der Waals surface area contributed by atoms with Gasteiger partial charge in [-0.2, -0.15) is 13.2 Å². The minimum atomic E-state index is -5.08. The molecule has 2 saturated heterocycles. The lowest BCUT2D eigenvalue weighted by molar-refractivity contribution is -0.192. The number of hydrogen-bond acceptors (Lipinski definition) is 5. The average Bonchev–Trinajstić information content (AvgIpc) is 3.13. The van der Waals surface area contributed by atoms with Gasteiger partial charge in [0.2, 0.25) is 5.91 Å². The van der Waals surface area contributed by atoms with E-state index in [4.69, 9.17) is 19.1 Å². The molecule has 2 aliphatic heterocycles. The molecule has 7 nitrogen and oxygen atoms in total. The highest BCUT2D eigenvalue weighted by molar-refractivity contribution is 5.79. The number of ether oxygens (including phenoxy) is 1. The highest BCUT2D eigenvalue weighted by Gasteiger charge is 2.45. The van der Waals surface area contributed by atoms with Crippen molar-refractivity contribution in [2.75, 3.05) is 33.4 Å². The van der Waals surface area contributed by atoms with Gasteiger partial charge in [0, 0.05) is 32.2 Å². The van der Waals surface area contributed by atoms with E-state index >= 15 is 0 Å². The van der Waals surface area contributed by atoms with Crippen LogP contribution in [0.5, 0.6) is 0 Å². The number of alkyl halides is 3. The molecule has 2 aliphatic rings. The molecule has 1 N–H and O–H groups in total. The summed E-state index contributed by atoms with van der Waals surface area (Å²) < 4.78 is 42.7. The summed E-state index contributed by atoms with van der Waals surface area (Å²) in [7, 11) is 1.70. The van der Waals surface area contributed by atoms with Crippen LogP contribution in [0, 0.1) is 6.92 Å². The number of hydrogen-bond donors (Lipinski definition) is 1. The van der Waals surface area contributed by atoms with Crippen LogP contribution in [0.25, 0.3) is 0 Å². The van der Waals surface area contributed by atoms with E-state index in [2.05, 4.69) is 15.9 Å². The maximum absolute atomic E-state index is 12.3. The third-order valence-corrected chi connectivity index (χ3v) is 5.62. The quantitative estimate of drug-likeness (QED) is 0.766. The van der Waals surface area contributed by atoms with E-state index in [1.54, 1.807) is 7.11 Å². The van der Waals surface area contributed by atoms with Crippen molar-refractivity contribution in [1.82, 2.24) is 9.80 Å². The molecule has 1 atom stereocenters. The van der Waals surface area contributed by atoms with Gasteiger partial charge in [0.05, 0.1) is 13.2 Å². The lowest BCUT2D eigenvalue weighted by Crippen LogP contribution is -2.47. The molecular weight excluding hydrogens is 405 g/mol. The van der Waals surface area contributed by atoms with E-state index < -0.39 is 12.1 Å². The van der Waals surface area contributed by atoms with Crippen molar-refractivity contribution < 1.29 is 37.0 Å². The first-order valence-electron chi connectivity index (χ1n) is 9.94. The minimum Gasteiger partial charge on any atom is -0.475 e. The number of rotatable bonds is 5. The van der Waals surface area contributed by atoms with Gasteiger partial charge in [0.15, 0.2) is 0 Å². The van der Waals surface area contributed by atoms with Gasteiger partial charge in [0.25, 0.3) is 0 Å². The summed E-state index contributed by atoms with van der Waals surface area (Å²) in [6.45, 7) is 6.31. The molecule has 0 aliphatic carbocycles. The molecule has 2 fully saturated rings. The van der Waals surface area contributed by atoms with Crippen molar-refractivity contribution in [2.45, 2.75) is 57.3 Å². The van der Waals surface area contributed by atoms with Crippen LogP contribution < -0.4 is 0 Å². The van der Waals surface area contributed by atoms with Crippen LogP contribution >= 0.6 is 0 Å². The van der Waals surface area contributed by atoms with E-state index in [-0.39, 0.29) is 5.54 Å². The SMILES string of the molecule is COCCN1C(=O)CCC12CCCN(Cc1ccc(C)o1)CC2.O=C(O)C(F)(F)F. The van der Waals surface area contributed by atoms with Gasteiger partial charge in [-0.15, -0.1) is 0 Å². The number of carbonyl (C=O) groups excluding carboxylic acids is 1. The zero-order chi connectivity index (χ0) is 22.4. The molecule has 1 spiro atoms. The minimum absolute atomic E-state index is 0.0590. The normalized spacial score (nSPS) is 22.7. The highest BCUT2D eigenvalue weighted by atomic mass is 19.4. The number of aryl methyl sites for hydroxylation is 1. The summed E-state index contributed by atoms with van der Waals surface area (Å²) in [6.07, 6.45) is -0.0843. The zero-order valence-electron chi connectivity index (χ0n) is 17.3. The number of aliphatic carboxylic acids is 1. The summed E-state index contributed by atoms with van der Waals surface area (Å²) in [5, 5.41) is 7.12. The maximum Gasteiger partial charge on any atom is 0.490 e. The second-order valence-corrected chi connectivity index (χ2v) is 7.71. The molecule has 1 aromatic heterocycles. The van der Waals surface area contributed by atoms with Crippen LogP contribution in [0.15, 0.2) is 16.5 Å². The van der Waals surface area contributed by atoms with E-state index in [0.717, 1.165) is 63.4 Å². The van der Waals surface area contributed by atoms with E-state index in [9.17, 15) is 18.0 Å². The Bertz CT molecular complexity index is 722. The Morgan fingerprint density at radius 3 is 2.53 bits per heavy atom. The van der Waals surface area contributed by atoms with Crippen LogP contribution in [0.3, 0.4) is 0 Å². The lowest BCUT2D eigenvalue weighted by atomic mass is 9.88. The number of carboxylic acids is 1. The van der Waals surface area contributed by atoms with Gasteiger partial charge in [-0.1, -0.05) is 0 Å². The number of amides is 1. The molecule has 0 bridgehead atoms. The predicted octanol–water partition coefficient (Wildman–Crippen LogP) is 3.21. The largest absolute Gasteiger partial charge is 0.490 e. The molecule has 1 amide bonds. The molecule has 10 heteroatoms. The molecule has 0 aromatic carbocycles. The number of methoxy groups -OCH3 is 1. The van der Waals surface area contributed by atoms with Crippen LogP contribution in [0.2, 0.25) is 0 Å². The third kappa shape index (κ3) is 6.46. The third-order valence-electron chi connectivity index (χ3n) is 5.62. The molecule has 0 saturated carbocycles. The summed E-state index contributed by atoms with van der Waals surface area (Å²) in [5.41, 5.74) is 0.0590. The topological polar surface area (TPSA) is 83.2 Å². The van der Waals surface area contributed by atoms with Gasteiger partial charge in [-0.3, -0.25) is 9.69 Å². The van der Waals surface area contributed by atoms with Crippen LogP contribution in [-0.2, 0) is 20.9 Å². The zero-order valence-corrected chi connectivity index (χ0v) is 17.3. The standard InChI is InChI=1S/C18H28N2O3.C2HF3O2/c1-15-4-5-16(23-15)14-19-10-3-7-18(9-11-19)8-6-17(21)20(18)12-13-22-2;3-2(4,5)1(6)7/h4-5H,3,6-14H2,1-2H3;(H,6,7). The summed E-state index contributed by atoms with van der Waals surface area (Å²) >= 11 is 0. The van der Waals surface area contributed by atoms with Crippen molar-refractivity contribution in [2.24, 2.45) is 0 Å². The van der Waals surface area contributed by atoms with Crippen molar-refractivity contribution >= 4 is 11.9 Å². The van der Waals surface area contributed by atoms with Gasteiger partial charge in [-0.25, -0.2) is 4.79 Å². The van der Waals surface area contributed by atoms with Gasteiger partial charge >= 0.3 is 12.1 Å². The first-order valence-corrected chi connectivity index (χ1v) is 9.94.